The zero-order chi connectivity index (χ0) is 6.91. The van der Waals surface area contributed by atoms with E-state index in [-0.39, 0.29) is 5.25 Å². The molecule has 0 spiro atoms. The van der Waals surface area contributed by atoms with Crippen LogP contribution in [0.3, 0.4) is 0 Å². The number of alkyl halides is 3. The Hall–Kier alpha value is 0.890. The third kappa shape index (κ3) is 2.19. The Bertz CT molecular complexity index is 136. The average molecular weight is 205 g/mol. The third-order valence-electron chi connectivity index (χ3n) is 0.836. The molecule has 1 atom stereocenters. The lowest BCUT2D eigenvalue weighted by Crippen LogP contribution is -2.04. The molecule has 9 heavy (non-hydrogen) atoms. The van der Waals surface area contributed by atoms with Gasteiger partial charge in [0, 0.05) is 12.1 Å². The second-order valence-electron chi connectivity index (χ2n) is 1.57. The first kappa shape index (κ1) is 7.99. The van der Waals surface area contributed by atoms with E-state index in [1.54, 1.807) is 6.21 Å². The molecule has 5 heteroatoms. The van der Waals surface area contributed by atoms with Crippen molar-refractivity contribution in [2.45, 2.75) is 9.04 Å². The lowest BCUT2D eigenvalue weighted by Gasteiger charge is -2.07. The van der Waals surface area contributed by atoms with Crippen molar-refractivity contribution in [1.82, 2.24) is 0 Å². The molecule has 0 saturated carbocycles. The zero-order valence-corrected chi connectivity index (χ0v) is 7.44. The molecule has 0 aromatic rings. The first-order valence-corrected chi connectivity index (χ1v) is 4.48. The van der Waals surface area contributed by atoms with Crippen LogP contribution >= 0.6 is 46.6 Å². The van der Waals surface area contributed by atoms with E-state index in [0.717, 1.165) is 0 Å². The molecule has 1 aliphatic rings. The van der Waals surface area contributed by atoms with E-state index in [1.165, 1.54) is 11.8 Å². The van der Waals surface area contributed by atoms with E-state index in [1.807, 2.05) is 0 Å². The fourth-order valence-corrected chi connectivity index (χ4v) is 2.22. The number of rotatable bonds is 1. The van der Waals surface area contributed by atoms with Crippen molar-refractivity contribution >= 4 is 52.8 Å². The van der Waals surface area contributed by atoms with Crippen LogP contribution in [0.25, 0.3) is 0 Å². The fraction of sp³-hybridized carbons (Fsp3) is 0.750. The van der Waals surface area contributed by atoms with Gasteiger partial charge in [0.2, 0.25) is 0 Å². The van der Waals surface area contributed by atoms with Gasteiger partial charge in [-0.05, 0) is 0 Å². The number of nitrogens with zero attached hydrogens (tertiary/aromatic N) is 1. The lowest BCUT2D eigenvalue weighted by atomic mass is 10.5. The highest BCUT2D eigenvalue weighted by atomic mass is 35.5. The maximum Gasteiger partial charge on any atom is 0.256 e. The van der Waals surface area contributed by atoms with Crippen LogP contribution in [0.1, 0.15) is 0 Å². The summed E-state index contributed by atoms with van der Waals surface area (Å²) < 4.78 is -0.987. The van der Waals surface area contributed by atoms with Crippen LogP contribution in [-0.4, -0.2) is 21.1 Å². The summed E-state index contributed by atoms with van der Waals surface area (Å²) in [6.45, 7) is 0. The molecule has 1 rings (SSSR count). The zero-order valence-electron chi connectivity index (χ0n) is 4.35. The monoisotopic (exact) mass is 203 g/mol. The average Bonchev–Trinajstić information content (AvgIpc) is 2.10. The van der Waals surface area contributed by atoms with Crippen LogP contribution in [0.4, 0.5) is 0 Å². The van der Waals surface area contributed by atoms with E-state index >= 15 is 0 Å². The van der Waals surface area contributed by atoms with Crippen LogP contribution in [0, 0.1) is 0 Å². The van der Waals surface area contributed by atoms with Gasteiger partial charge in [-0.25, -0.2) is 4.99 Å². The second-order valence-corrected chi connectivity index (χ2v) is 5.05. The molecule has 1 nitrogen and oxygen atoms in total. The summed E-state index contributed by atoms with van der Waals surface area (Å²) in [5, 5.41) is 0.168. The predicted octanol–water partition coefficient (Wildman–Crippen LogP) is 2.50. The molecule has 0 bridgehead atoms. The van der Waals surface area contributed by atoms with E-state index < -0.39 is 3.79 Å². The van der Waals surface area contributed by atoms with Crippen LogP contribution < -0.4 is 0 Å². The first-order chi connectivity index (χ1) is 4.14. The molecule has 0 saturated heterocycles. The SMILES string of the molecule is ClCC1C=NC(Cl)(Cl)S1. The highest BCUT2D eigenvalue weighted by Gasteiger charge is 2.31. The third-order valence-corrected chi connectivity index (χ3v) is 3.06. The summed E-state index contributed by atoms with van der Waals surface area (Å²) in [5.41, 5.74) is 0. The minimum atomic E-state index is -0.987. The molecule has 0 fully saturated rings. The highest BCUT2D eigenvalue weighted by molar-refractivity contribution is 8.04. The summed E-state index contributed by atoms with van der Waals surface area (Å²) >= 11 is 18.1. The van der Waals surface area contributed by atoms with E-state index in [9.17, 15) is 0 Å². The van der Waals surface area contributed by atoms with Crippen molar-refractivity contribution in [2.75, 3.05) is 5.88 Å². The second kappa shape index (κ2) is 2.87. The van der Waals surface area contributed by atoms with Crippen molar-refractivity contribution in [2.24, 2.45) is 4.99 Å². The van der Waals surface area contributed by atoms with Gasteiger partial charge in [0.1, 0.15) is 0 Å². The molecular formula is C4H4Cl3NS. The molecule has 1 aliphatic heterocycles. The van der Waals surface area contributed by atoms with Gasteiger partial charge in [-0.15, -0.1) is 11.6 Å². The summed E-state index contributed by atoms with van der Waals surface area (Å²) in [7, 11) is 0. The van der Waals surface area contributed by atoms with Crippen LogP contribution in [-0.2, 0) is 0 Å². The minimum absolute atomic E-state index is 0.168. The van der Waals surface area contributed by atoms with E-state index in [4.69, 9.17) is 34.8 Å². The van der Waals surface area contributed by atoms with Gasteiger partial charge in [0.05, 0.1) is 5.25 Å². The maximum absolute atomic E-state index is 5.61. The Labute approximate surface area is 72.8 Å². The highest BCUT2D eigenvalue weighted by Crippen LogP contribution is 2.42. The quantitative estimate of drug-likeness (QED) is 0.472. The molecule has 52 valence electrons. The molecule has 0 aromatic heterocycles. The summed E-state index contributed by atoms with van der Waals surface area (Å²) in [6, 6.07) is 0. The predicted molar refractivity (Wildman–Crippen MR) is 45.0 cm³/mol. The fourth-order valence-electron chi connectivity index (χ4n) is 0.484. The number of hydrogen-bond donors (Lipinski definition) is 0. The Kier molecular flexibility index (Phi) is 2.55. The molecule has 0 aliphatic carbocycles. The van der Waals surface area contributed by atoms with Crippen molar-refractivity contribution in [3.63, 3.8) is 0 Å². The van der Waals surface area contributed by atoms with Gasteiger partial charge >= 0.3 is 0 Å². The van der Waals surface area contributed by atoms with Gasteiger partial charge in [0.15, 0.2) is 0 Å². The molecule has 0 aromatic carbocycles. The Morgan fingerprint density at radius 3 is 2.56 bits per heavy atom. The number of thioether (sulfide) groups is 1. The van der Waals surface area contributed by atoms with Crippen LogP contribution in [0.15, 0.2) is 4.99 Å². The van der Waals surface area contributed by atoms with Crippen molar-refractivity contribution in [3.8, 4) is 0 Å². The topological polar surface area (TPSA) is 12.4 Å². The van der Waals surface area contributed by atoms with Crippen molar-refractivity contribution in [3.05, 3.63) is 0 Å². The number of hydrogen-bond acceptors (Lipinski definition) is 2. The first-order valence-electron chi connectivity index (χ1n) is 2.31. The van der Waals surface area contributed by atoms with Crippen molar-refractivity contribution < 1.29 is 0 Å². The minimum Gasteiger partial charge on any atom is -0.248 e. The summed E-state index contributed by atoms with van der Waals surface area (Å²) in [6.07, 6.45) is 1.68. The molecule has 0 radical (unpaired) electrons. The smallest absolute Gasteiger partial charge is 0.248 e. The molecule has 1 unspecified atom stereocenters. The molecular weight excluding hydrogens is 200 g/mol. The number of aliphatic imine (C=N–C) groups is 1. The van der Waals surface area contributed by atoms with Crippen molar-refractivity contribution in [1.29, 1.82) is 0 Å². The Balaban J connectivity index is 2.50. The Morgan fingerprint density at radius 2 is 2.33 bits per heavy atom. The maximum atomic E-state index is 5.61. The molecule has 1 heterocycles. The van der Waals surface area contributed by atoms with Gasteiger partial charge in [-0.2, -0.15) is 0 Å². The lowest BCUT2D eigenvalue weighted by molar-refractivity contribution is 1.22. The van der Waals surface area contributed by atoms with Crippen LogP contribution in [0.2, 0.25) is 0 Å². The van der Waals surface area contributed by atoms with E-state index in [2.05, 4.69) is 4.99 Å². The van der Waals surface area contributed by atoms with Gasteiger partial charge in [0.25, 0.3) is 3.79 Å². The van der Waals surface area contributed by atoms with Gasteiger partial charge in [-0.1, -0.05) is 35.0 Å². The van der Waals surface area contributed by atoms with Gasteiger partial charge < -0.3 is 0 Å². The summed E-state index contributed by atoms with van der Waals surface area (Å²) in [4.78, 5) is 3.80. The summed E-state index contributed by atoms with van der Waals surface area (Å²) in [5.74, 6) is 0.509. The molecule has 0 N–H and O–H groups in total. The molecule has 0 amide bonds. The number of halogens is 3. The van der Waals surface area contributed by atoms with E-state index in [0.29, 0.717) is 5.88 Å². The van der Waals surface area contributed by atoms with Crippen LogP contribution in [0.5, 0.6) is 0 Å². The van der Waals surface area contributed by atoms with Gasteiger partial charge in [-0.3, -0.25) is 0 Å². The normalized spacial score (nSPS) is 31.2. The standard InChI is InChI=1S/C4H4Cl3NS/c5-1-3-2-8-4(6,7)9-3/h2-3H,1H2. The Morgan fingerprint density at radius 1 is 1.67 bits per heavy atom. The largest absolute Gasteiger partial charge is 0.256 e.